The fourth-order valence-corrected chi connectivity index (χ4v) is 4.88. The van der Waals surface area contributed by atoms with Gasteiger partial charge < -0.3 is 24.5 Å². The van der Waals surface area contributed by atoms with Crippen LogP contribution in [0.1, 0.15) is 50.5 Å². The summed E-state index contributed by atoms with van der Waals surface area (Å²) in [7, 11) is 0. The van der Waals surface area contributed by atoms with E-state index in [1.54, 1.807) is 0 Å². The number of carbonyl (C=O) groups is 1. The lowest BCUT2D eigenvalue weighted by molar-refractivity contribution is -0.169. The molecule has 1 saturated heterocycles. The summed E-state index contributed by atoms with van der Waals surface area (Å²) in [6.45, 7) is 8.19. The molecular formula is C22H30N2O4. The van der Waals surface area contributed by atoms with E-state index in [-0.39, 0.29) is 29.6 Å². The SMILES string of the molecule is CCOC1CC(NC(=O)NC(C)c2oc3ccccc3c2C)C12CCOCC2. The van der Waals surface area contributed by atoms with Crippen LogP contribution >= 0.6 is 0 Å². The van der Waals surface area contributed by atoms with Crippen LogP contribution in [0.25, 0.3) is 11.0 Å². The molecule has 1 spiro atoms. The van der Waals surface area contributed by atoms with E-state index >= 15 is 0 Å². The van der Waals surface area contributed by atoms with Gasteiger partial charge in [-0.05, 0) is 46.1 Å². The fourth-order valence-electron chi connectivity index (χ4n) is 4.88. The first-order valence-electron chi connectivity index (χ1n) is 10.3. The summed E-state index contributed by atoms with van der Waals surface area (Å²) in [5, 5.41) is 7.33. The largest absolute Gasteiger partial charge is 0.459 e. The summed E-state index contributed by atoms with van der Waals surface area (Å²) in [5.74, 6) is 0.804. The highest BCUT2D eigenvalue weighted by molar-refractivity contribution is 5.82. The summed E-state index contributed by atoms with van der Waals surface area (Å²) < 4.78 is 17.5. The summed E-state index contributed by atoms with van der Waals surface area (Å²) in [6.07, 6.45) is 2.93. The Kier molecular flexibility index (Phi) is 5.34. The first-order chi connectivity index (χ1) is 13.5. The molecule has 6 nitrogen and oxygen atoms in total. The molecule has 2 heterocycles. The van der Waals surface area contributed by atoms with Gasteiger partial charge in [0.2, 0.25) is 0 Å². The number of furan rings is 1. The van der Waals surface area contributed by atoms with Gasteiger partial charge in [-0.1, -0.05) is 18.2 Å². The lowest BCUT2D eigenvalue weighted by Crippen LogP contribution is -2.67. The number of hydrogen-bond acceptors (Lipinski definition) is 4. The number of hydrogen-bond donors (Lipinski definition) is 2. The summed E-state index contributed by atoms with van der Waals surface area (Å²) >= 11 is 0. The molecule has 1 saturated carbocycles. The Morgan fingerprint density at radius 1 is 1.32 bits per heavy atom. The van der Waals surface area contributed by atoms with Crippen LogP contribution in [-0.2, 0) is 9.47 Å². The molecule has 152 valence electrons. The normalized spacial score (nSPS) is 24.7. The second-order valence-corrected chi connectivity index (χ2v) is 8.00. The van der Waals surface area contributed by atoms with E-state index in [2.05, 4.69) is 10.6 Å². The molecule has 3 unspecified atom stereocenters. The van der Waals surface area contributed by atoms with Gasteiger partial charge in [-0.25, -0.2) is 4.79 Å². The molecule has 2 aromatic rings. The monoisotopic (exact) mass is 386 g/mol. The predicted molar refractivity (Wildman–Crippen MR) is 107 cm³/mol. The van der Waals surface area contributed by atoms with E-state index in [9.17, 15) is 4.79 Å². The molecule has 1 aliphatic heterocycles. The Balaban J connectivity index is 1.41. The maximum atomic E-state index is 12.7. The molecule has 2 N–H and O–H groups in total. The van der Waals surface area contributed by atoms with Crippen LogP contribution in [0.3, 0.4) is 0 Å². The number of fused-ring (bicyclic) bond motifs is 1. The number of benzene rings is 1. The van der Waals surface area contributed by atoms with Gasteiger partial charge in [0.15, 0.2) is 0 Å². The third-order valence-electron chi connectivity index (χ3n) is 6.50. The van der Waals surface area contributed by atoms with E-state index in [0.29, 0.717) is 6.61 Å². The molecule has 2 amide bonds. The molecule has 3 atom stereocenters. The smallest absolute Gasteiger partial charge is 0.315 e. The summed E-state index contributed by atoms with van der Waals surface area (Å²) in [6, 6.07) is 7.71. The molecule has 1 aliphatic carbocycles. The van der Waals surface area contributed by atoms with Crippen LogP contribution in [0, 0.1) is 12.3 Å². The van der Waals surface area contributed by atoms with Gasteiger partial charge in [0.1, 0.15) is 11.3 Å². The van der Waals surface area contributed by atoms with Crippen molar-refractivity contribution < 1.29 is 18.7 Å². The van der Waals surface area contributed by atoms with Crippen LogP contribution in [0.4, 0.5) is 4.79 Å². The third kappa shape index (κ3) is 3.29. The Morgan fingerprint density at radius 2 is 2.07 bits per heavy atom. The van der Waals surface area contributed by atoms with Gasteiger partial charge in [0.25, 0.3) is 0 Å². The van der Waals surface area contributed by atoms with Gasteiger partial charge >= 0.3 is 6.03 Å². The minimum Gasteiger partial charge on any atom is -0.459 e. The number of para-hydroxylation sites is 1. The molecule has 0 bridgehead atoms. The lowest BCUT2D eigenvalue weighted by atomic mass is 9.57. The van der Waals surface area contributed by atoms with Crippen LogP contribution in [0.2, 0.25) is 0 Å². The molecule has 2 fully saturated rings. The Labute approximate surface area is 165 Å². The van der Waals surface area contributed by atoms with Crippen molar-refractivity contribution in [1.82, 2.24) is 10.6 Å². The van der Waals surface area contributed by atoms with E-state index in [1.165, 1.54) is 0 Å². The Morgan fingerprint density at radius 3 is 2.79 bits per heavy atom. The second kappa shape index (κ2) is 7.76. The van der Waals surface area contributed by atoms with Crippen molar-refractivity contribution >= 4 is 17.0 Å². The average Bonchev–Trinajstić information content (AvgIpc) is 3.05. The molecular weight excluding hydrogens is 356 g/mol. The van der Waals surface area contributed by atoms with Gasteiger partial charge in [-0.15, -0.1) is 0 Å². The molecule has 1 aromatic carbocycles. The number of amides is 2. The highest BCUT2D eigenvalue weighted by Gasteiger charge is 2.56. The van der Waals surface area contributed by atoms with Gasteiger partial charge in [0, 0.05) is 42.2 Å². The van der Waals surface area contributed by atoms with Crippen LogP contribution in [-0.4, -0.2) is 38.0 Å². The molecule has 28 heavy (non-hydrogen) atoms. The number of carbonyl (C=O) groups excluding carboxylic acids is 1. The zero-order valence-corrected chi connectivity index (χ0v) is 16.9. The Hall–Kier alpha value is -2.05. The standard InChI is InChI=1S/C22H30N2O4/c1-4-27-19-13-18(22(19)9-11-26-12-10-22)24-21(25)23-15(3)20-14(2)16-7-5-6-8-17(16)28-20/h5-8,15,18-19H,4,9-13H2,1-3H3,(H2,23,24,25). The van der Waals surface area contributed by atoms with Crippen molar-refractivity contribution in [2.24, 2.45) is 5.41 Å². The minimum absolute atomic E-state index is 0.00408. The first kappa shape index (κ1) is 19.3. The maximum Gasteiger partial charge on any atom is 0.315 e. The van der Waals surface area contributed by atoms with Crippen molar-refractivity contribution in [2.45, 2.75) is 58.2 Å². The molecule has 0 radical (unpaired) electrons. The quantitative estimate of drug-likeness (QED) is 0.812. The van der Waals surface area contributed by atoms with Crippen LogP contribution < -0.4 is 10.6 Å². The Bertz CT molecular complexity index is 840. The molecule has 1 aromatic heterocycles. The summed E-state index contributed by atoms with van der Waals surface area (Å²) in [4.78, 5) is 12.7. The van der Waals surface area contributed by atoms with Crippen molar-refractivity contribution in [3.63, 3.8) is 0 Å². The average molecular weight is 386 g/mol. The minimum atomic E-state index is -0.208. The highest BCUT2D eigenvalue weighted by atomic mass is 16.5. The van der Waals surface area contributed by atoms with E-state index in [0.717, 1.165) is 54.8 Å². The second-order valence-electron chi connectivity index (χ2n) is 8.00. The molecule has 6 heteroatoms. The van der Waals surface area contributed by atoms with Gasteiger partial charge in [0.05, 0.1) is 12.1 Å². The number of rotatable bonds is 5. The van der Waals surface area contributed by atoms with E-state index < -0.39 is 0 Å². The van der Waals surface area contributed by atoms with Crippen molar-refractivity contribution in [3.8, 4) is 0 Å². The maximum absolute atomic E-state index is 12.7. The number of nitrogens with one attached hydrogen (secondary N) is 2. The highest BCUT2D eigenvalue weighted by Crippen LogP contribution is 2.50. The van der Waals surface area contributed by atoms with Crippen LogP contribution in [0.15, 0.2) is 28.7 Å². The number of urea groups is 1. The predicted octanol–water partition coefficient (Wildman–Crippen LogP) is 4.08. The summed E-state index contributed by atoms with van der Waals surface area (Å²) in [5.41, 5.74) is 1.93. The fraction of sp³-hybridized carbons (Fsp3) is 0.591. The van der Waals surface area contributed by atoms with E-state index in [4.69, 9.17) is 13.9 Å². The first-order valence-corrected chi connectivity index (χ1v) is 10.3. The zero-order valence-electron chi connectivity index (χ0n) is 16.9. The topological polar surface area (TPSA) is 72.7 Å². The van der Waals surface area contributed by atoms with Gasteiger partial charge in [-0.3, -0.25) is 0 Å². The number of aryl methyl sites for hydroxylation is 1. The van der Waals surface area contributed by atoms with E-state index in [1.807, 2.05) is 45.0 Å². The van der Waals surface area contributed by atoms with Gasteiger partial charge in [-0.2, -0.15) is 0 Å². The van der Waals surface area contributed by atoms with Crippen molar-refractivity contribution in [1.29, 1.82) is 0 Å². The van der Waals surface area contributed by atoms with Crippen molar-refractivity contribution in [2.75, 3.05) is 19.8 Å². The number of ether oxygens (including phenoxy) is 2. The molecule has 2 aliphatic rings. The van der Waals surface area contributed by atoms with Crippen LogP contribution in [0.5, 0.6) is 0 Å². The molecule has 4 rings (SSSR count). The zero-order chi connectivity index (χ0) is 19.7. The van der Waals surface area contributed by atoms with Crippen molar-refractivity contribution in [3.05, 3.63) is 35.6 Å². The lowest BCUT2D eigenvalue weighted by Gasteiger charge is -2.57. The third-order valence-corrected chi connectivity index (χ3v) is 6.50.